The van der Waals surface area contributed by atoms with Crippen molar-refractivity contribution in [1.29, 1.82) is 0 Å². The fraction of sp³-hybridized carbons (Fsp3) is 0.417. The van der Waals surface area contributed by atoms with Gasteiger partial charge in [0.1, 0.15) is 6.10 Å². The lowest BCUT2D eigenvalue weighted by atomic mass is 10.1. The van der Waals surface area contributed by atoms with Crippen LogP contribution in [-0.2, 0) is 11.3 Å². The summed E-state index contributed by atoms with van der Waals surface area (Å²) in [5.74, 6) is -0.701. The average Bonchev–Trinajstić information content (AvgIpc) is 2.23. The molecule has 4 heteroatoms. The Morgan fingerprint density at radius 1 is 1.44 bits per heavy atom. The Morgan fingerprint density at radius 2 is 2.12 bits per heavy atom. The second kappa shape index (κ2) is 5.63. The number of aliphatic hydroxyl groups excluding tert-OH is 1. The zero-order valence-electron chi connectivity index (χ0n) is 9.66. The minimum absolute atomic E-state index is 0.183. The van der Waals surface area contributed by atoms with Crippen molar-refractivity contribution in [2.75, 3.05) is 6.54 Å². The van der Waals surface area contributed by atoms with Crippen LogP contribution >= 0.6 is 0 Å². The number of amides is 1. The van der Waals surface area contributed by atoms with Gasteiger partial charge in [0.2, 0.25) is 5.91 Å². The fourth-order valence-electron chi connectivity index (χ4n) is 1.37. The maximum Gasteiger partial charge on any atom is 0.247 e. The predicted octanol–water partition coefficient (Wildman–Crippen LogP) is 0.239. The van der Waals surface area contributed by atoms with Gasteiger partial charge < -0.3 is 16.2 Å². The quantitative estimate of drug-likeness (QED) is 0.668. The molecule has 0 aromatic heterocycles. The van der Waals surface area contributed by atoms with E-state index in [1.54, 1.807) is 0 Å². The molecule has 0 spiro atoms. The standard InChI is InChI=1S/C12H18N2O2/c1-8-3-4-10(5-9(8)2)6-14-7-11(15)12(13)16/h3-5,11,14-15H,6-7H2,1-2H3,(H2,13,16). The number of carbonyl (C=O) groups is 1. The van der Waals surface area contributed by atoms with Crippen molar-refractivity contribution in [2.45, 2.75) is 26.5 Å². The zero-order chi connectivity index (χ0) is 12.1. The third-order valence-corrected chi connectivity index (χ3v) is 2.57. The topological polar surface area (TPSA) is 75.3 Å². The molecule has 88 valence electrons. The Morgan fingerprint density at radius 3 is 2.69 bits per heavy atom. The number of primary amides is 1. The Labute approximate surface area is 95.5 Å². The van der Waals surface area contributed by atoms with E-state index in [0.717, 1.165) is 5.56 Å². The van der Waals surface area contributed by atoms with Crippen molar-refractivity contribution in [3.05, 3.63) is 34.9 Å². The molecule has 0 aliphatic heterocycles. The minimum Gasteiger partial charge on any atom is -0.382 e. The zero-order valence-corrected chi connectivity index (χ0v) is 9.66. The molecular weight excluding hydrogens is 204 g/mol. The van der Waals surface area contributed by atoms with Crippen molar-refractivity contribution in [1.82, 2.24) is 5.32 Å². The highest BCUT2D eigenvalue weighted by molar-refractivity contribution is 5.78. The molecule has 0 aliphatic carbocycles. The highest BCUT2D eigenvalue weighted by Gasteiger charge is 2.09. The molecule has 1 aromatic carbocycles. The summed E-state index contributed by atoms with van der Waals surface area (Å²) in [4.78, 5) is 10.6. The molecule has 1 unspecified atom stereocenters. The van der Waals surface area contributed by atoms with E-state index < -0.39 is 12.0 Å². The molecule has 0 bridgehead atoms. The first kappa shape index (κ1) is 12.7. The van der Waals surface area contributed by atoms with E-state index in [0.29, 0.717) is 6.54 Å². The minimum atomic E-state index is -1.12. The van der Waals surface area contributed by atoms with E-state index in [2.05, 4.69) is 31.3 Å². The highest BCUT2D eigenvalue weighted by Crippen LogP contribution is 2.09. The number of hydrogen-bond donors (Lipinski definition) is 3. The average molecular weight is 222 g/mol. The normalized spacial score (nSPS) is 12.4. The SMILES string of the molecule is Cc1ccc(CNCC(O)C(N)=O)cc1C. The maximum absolute atomic E-state index is 10.6. The van der Waals surface area contributed by atoms with Gasteiger partial charge in [0.15, 0.2) is 0 Å². The van der Waals surface area contributed by atoms with Gasteiger partial charge in [0.25, 0.3) is 0 Å². The summed E-state index contributed by atoms with van der Waals surface area (Å²) < 4.78 is 0. The summed E-state index contributed by atoms with van der Waals surface area (Å²) in [6.45, 7) is 4.91. The number of nitrogens with two attached hydrogens (primary N) is 1. The lowest BCUT2D eigenvalue weighted by Crippen LogP contribution is -2.37. The largest absolute Gasteiger partial charge is 0.382 e. The number of hydrogen-bond acceptors (Lipinski definition) is 3. The van der Waals surface area contributed by atoms with E-state index in [9.17, 15) is 4.79 Å². The first-order valence-corrected chi connectivity index (χ1v) is 5.25. The summed E-state index contributed by atoms with van der Waals surface area (Å²) in [5, 5.41) is 12.1. The van der Waals surface area contributed by atoms with Gasteiger partial charge in [0.05, 0.1) is 0 Å². The van der Waals surface area contributed by atoms with Gasteiger partial charge in [0, 0.05) is 13.1 Å². The van der Waals surface area contributed by atoms with Gasteiger partial charge in [-0.15, -0.1) is 0 Å². The van der Waals surface area contributed by atoms with Crippen LogP contribution in [0.15, 0.2) is 18.2 Å². The third kappa shape index (κ3) is 3.64. The van der Waals surface area contributed by atoms with E-state index >= 15 is 0 Å². The second-order valence-electron chi connectivity index (χ2n) is 3.97. The van der Waals surface area contributed by atoms with E-state index in [4.69, 9.17) is 10.8 Å². The maximum atomic E-state index is 10.6. The third-order valence-electron chi connectivity index (χ3n) is 2.57. The van der Waals surface area contributed by atoms with E-state index in [1.807, 2.05) is 6.07 Å². The van der Waals surface area contributed by atoms with Gasteiger partial charge in [-0.2, -0.15) is 0 Å². The van der Waals surface area contributed by atoms with Crippen LogP contribution in [0.1, 0.15) is 16.7 Å². The molecule has 0 aliphatic rings. The molecule has 4 nitrogen and oxygen atoms in total. The van der Waals surface area contributed by atoms with Crippen molar-refractivity contribution in [3.63, 3.8) is 0 Å². The number of benzene rings is 1. The van der Waals surface area contributed by atoms with Crippen LogP contribution in [-0.4, -0.2) is 23.7 Å². The molecule has 0 saturated carbocycles. The Hall–Kier alpha value is -1.39. The van der Waals surface area contributed by atoms with Crippen molar-refractivity contribution in [2.24, 2.45) is 5.73 Å². The molecule has 0 heterocycles. The Kier molecular flexibility index (Phi) is 4.46. The van der Waals surface area contributed by atoms with Crippen LogP contribution in [0.2, 0.25) is 0 Å². The number of nitrogens with one attached hydrogen (secondary N) is 1. The number of carbonyl (C=O) groups excluding carboxylic acids is 1. The monoisotopic (exact) mass is 222 g/mol. The number of aliphatic hydroxyl groups is 1. The molecule has 1 rings (SSSR count). The van der Waals surface area contributed by atoms with Gasteiger partial charge in [-0.3, -0.25) is 4.79 Å². The molecule has 0 radical (unpaired) electrons. The first-order chi connectivity index (χ1) is 7.50. The van der Waals surface area contributed by atoms with Crippen LogP contribution < -0.4 is 11.1 Å². The van der Waals surface area contributed by atoms with Crippen molar-refractivity contribution in [3.8, 4) is 0 Å². The Balaban J connectivity index is 2.43. The van der Waals surface area contributed by atoms with Crippen LogP contribution in [0.3, 0.4) is 0 Å². The molecule has 4 N–H and O–H groups in total. The number of aryl methyl sites for hydroxylation is 2. The van der Waals surface area contributed by atoms with Gasteiger partial charge in [-0.25, -0.2) is 0 Å². The second-order valence-corrected chi connectivity index (χ2v) is 3.97. The van der Waals surface area contributed by atoms with Crippen LogP contribution in [0, 0.1) is 13.8 Å². The van der Waals surface area contributed by atoms with E-state index in [-0.39, 0.29) is 6.54 Å². The fourth-order valence-corrected chi connectivity index (χ4v) is 1.37. The van der Waals surface area contributed by atoms with E-state index in [1.165, 1.54) is 11.1 Å². The van der Waals surface area contributed by atoms with Gasteiger partial charge in [-0.1, -0.05) is 18.2 Å². The summed E-state index contributed by atoms with van der Waals surface area (Å²) in [5.41, 5.74) is 8.54. The van der Waals surface area contributed by atoms with Gasteiger partial charge in [-0.05, 0) is 30.5 Å². The molecule has 1 amide bonds. The number of rotatable bonds is 5. The molecule has 0 fully saturated rings. The molecule has 1 atom stereocenters. The summed E-state index contributed by atoms with van der Waals surface area (Å²) in [7, 11) is 0. The summed E-state index contributed by atoms with van der Waals surface area (Å²) >= 11 is 0. The smallest absolute Gasteiger partial charge is 0.247 e. The van der Waals surface area contributed by atoms with Crippen molar-refractivity contribution >= 4 is 5.91 Å². The lowest BCUT2D eigenvalue weighted by Gasteiger charge is -2.09. The Bertz CT molecular complexity index is 377. The first-order valence-electron chi connectivity index (χ1n) is 5.25. The highest BCUT2D eigenvalue weighted by atomic mass is 16.3. The summed E-state index contributed by atoms with van der Waals surface area (Å²) in [6.07, 6.45) is -1.12. The molecule has 16 heavy (non-hydrogen) atoms. The van der Waals surface area contributed by atoms with Crippen molar-refractivity contribution < 1.29 is 9.90 Å². The molecule has 0 saturated heterocycles. The summed E-state index contributed by atoms with van der Waals surface area (Å²) in [6, 6.07) is 6.15. The van der Waals surface area contributed by atoms with Gasteiger partial charge >= 0.3 is 0 Å². The van der Waals surface area contributed by atoms with Crippen LogP contribution in [0.25, 0.3) is 0 Å². The van der Waals surface area contributed by atoms with Crippen LogP contribution in [0.4, 0.5) is 0 Å². The predicted molar refractivity (Wildman–Crippen MR) is 62.8 cm³/mol. The lowest BCUT2D eigenvalue weighted by molar-refractivity contribution is -0.125. The molecular formula is C12H18N2O2. The van der Waals surface area contributed by atoms with Crippen LogP contribution in [0.5, 0.6) is 0 Å². The molecule has 1 aromatic rings.